The molecular formula is C21H21ClN2O4S. The van der Waals surface area contributed by atoms with Crippen LogP contribution in [-0.2, 0) is 9.53 Å². The van der Waals surface area contributed by atoms with Gasteiger partial charge in [-0.2, -0.15) is 0 Å². The minimum atomic E-state index is -0.634. The number of benzene rings is 2. The Morgan fingerprint density at radius 3 is 2.41 bits per heavy atom. The van der Waals surface area contributed by atoms with Gasteiger partial charge in [-0.05, 0) is 30.8 Å². The smallest absolute Gasteiger partial charge is 0.338 e. The summed E-state index contributed by atoms with van der Waals surface area (Å²) in [6.07, 6.45) is 0. The summed E-state index contributed by atoms with van der Waals surface area (Å²) in [6.45, 7) is 1.99. The van der Waals surface area contributed by atoms with E-state index >= 15 is 0 Å². The maximum absolute atomic E-state index is 13.0. The number of hydrogen-bond acceptors (Lipinski definition) is 5. The Morgan fingerprint density at radius 2 is 1.79 bits per heavy atom. The Labute approximate surface area is 179 Å². The molecule has 152 valence electrons. The van der Waals surface area contributed by atoms with Gasteiger partial charge >= 0.3 is 5.97 Å². The fourth-order valence-electron chi connectivity index (χ4n) is 3.15. The molecule has 0 saturated heterocycles. The molecule has 6 nitrogen and oxygen atoms in total. The average molecular weight is 433 g/mol. The molecule has 0 radical (unpaired) electrons. The highest BCUT2D eigenvalue weighted by molar-refractivity contribution is 7.80. The van der Waals surface area contributed by atoms with Crippen LogP contribution in [0.5, 0.6) is 11.5 Å². The second-order valence-corrected chi connectivity index (χ2v) is 6.95. The third-order valence-electron chi connectivity index (χ3n) is 4.44. The first kappa shape index (κ1) is 21.0. The lowest BCUT2D eigenvalue weighted by Gasteiger charge is -2.32. The van der Waals surface area contributed by atoms with Crippen molar-refractivity contribution in [2.24, 2.45) is 0 Å². The predicted octanol–water partition coefficient (Wildman–Crippen LogP) is 3.85. The summed E-state index contributed by atoms with van der Waals surface area (Å²) in [6, 6.07) is 12.2. The van der Waals surface area contributed by atoms with E-state index in [9.17, 15) is 4.79 Å². The molecular weight excluding hydrogens is 412 g/mol. The number of esters is 1. The number of hydrogen-bond donors (Lipinski definition) is 2. The van der Waals surface area contributed by atoms with Crippen molar-refractivity contribution in [2.45, 2.75) is 13.0 Å². The summed E-state index contributed by atoms with van der Waals surface area (Å²) in [5.74, 6) is 0.509. The minimum absolute atomic E-state index is 0.237. The number of carbonyl (C=O) groups is 1. The fourth-order valence-corrected chi connectivity index (χ4v) is 3.63. The molecule has 0 aromatic heterocycles. The SMILES string of the molecule is CCOC(=O)C1=C(c2ccccc2)NC(=S)N[C@H]1c1cc(OC)c(OC)cc1Cl. The third-order valence-corrected chi connectivity index (χ3v) is 4.99. The van der Waals surface area contributed by atoms with E-state index in [0.29, 0.717) is 38.5 Å². The van der Waals surface area contributed by atoms with Crippen molar-refractivity contribution in [3.8, 4) is 11.5 Å². The van der Waals surface area contributed by atoms with Gasteiger partial charge in [0.2, 0.25) is 0 Å². The van der Waals surface area contributed by atoms with Crippen LogP contribution in [-0.4, -0.2) is 31.9 Å². The van der Waals surface area contributed by atoms with Gasteiger partial charge in [0.05, 0.1) is 43.2 Å². The van der Waals surface area contributed by atoms with E-state index in [-0.39, 0.29) is 6.61 Å². The summed E-state index contributed by atoms with van der Waals surface area (Å²) in [4.78, 5) is 13.0. The Kier molecular flexibility index (Phi) is 6.61. The lowest BCUT2D eigenvalue weighted by Crippen LogP contribution is -2.45. The zero-order chi connectivity index (χ0) is 21.0. The van der Waals surface area contributed by atoms with Gasteiger partial charge in [0.25, 0.3) is 0 Å². The average Bonchev–Trinajstić information content (AvgIpc) is 2.73. The molecule has 1 atom stereocenters. The van der Waals surface area contributed by atoms with E-state index in [4.69, 9.17) is 38.0 Å². The Hall–Kier alpha value is -2.77. The molecule has 0 fully saturated rings. The van der Waals surface area contributed by atoms with Gasteiger partial charge in [0.15, 0.2) is 16.6 Å². The number of ether oxygens (including phenoxy) is 3. The summed E-state index contributed by atoms with van der Waals surface area (Å²) in [5, 5.41) is 6.99. The molecule has 3 rings (SSSR count). The zero-order valence-electron chi connectivity index (χ0n) is 16.2. The van der Waals surface area contributed by atoms with E-state index in [0.717, 1.165) is 5.56 Å². The summed E-state index contributed by atoms with van der Waals surface area (Å²) in [7, 11) is 3.07. The lowest BCUT2D eigenvalue weighted by molar-refractivity contribution is -0.138. The van der Waals surface area contributed by atoms with Gasteiger partial charge in [-0.1, -0.05) is 41.9 Å². The zero-order valence-corrected chi connectivity index (χ0v) is 17.8. The molecule has 8 heteroatoms. The first-order chi connectivity index (χ1) is 14.0. The van der Waals surface area contributed by atoms with Crippen LogP contribution in [0.25, 0.3) is 5.70 Å². The van der Waals surface area contributed by atoms with Crippen molar-refractivity contribution in [3.05, 3.63) is 64.2 Å². The molecule has 2 aromatic carbocycles. The molecule has 1 aliphatic heterocycles. The topological polar surface area (TPSA) is 68.8 Å². The molecule has 2 aromatic rings. The Morgan fingerprint density at radius 1 is 1.14 bits per heavy atom. The molecule has 29 heavy (non-hydrogen) atoms. The summed E-state index contributed by atoms with van der Waals surface area (Å²) < 4.78 is 16.1. The molecule has 0 saturated carbocycles. The lowest BCUT2D eigenvalue weighted by atomic mass is 9.92. The largest absolute Gasteiger partial charge is 0.493 e. The van der Waals surface area contributed by atoms with Crippen molar-refractivity contribution in [2.75, 3.05) is 20.8 Å². The first-order valence-electron chi connectivity index (χ1n) is 8.95. The van der Waals surface area contributed by atoms with Crippen LogP contribution >= 0.6 is 23.8 Å². The van der Waals surface area contributed by atoms with E-state index in [1.165, 1.54) is 14.2 Å². The minimum Gasteiger partial charge on any atom is -0.493 e. The molecule has 0 bridgehead atoms. The molecule has 1 heterocycles. The Balaban J connectivity index is 2.23. The fraction of sp³-hybridized carbons (Fsp3) is 0.238. The highest BCUT2D eigenvalue weighted by atomic mass is 35.5. The van der Waals surface area contributed by atoms with E-state index < -0.39 is 12.0 Å². The van der Waals surface area contributed by atoms with Gasteiger partial charge in [-0.25, -0.2) is 4.79 Å². The van der Waals surface area contributed by atoms with Crippen LogP contribution in [0.1, 0.15) is 24.1 Å². The van der Waals surface area contributed by atoms with Gasteiger partial charge in [-0.15, -0.1) is 0 Å². The van der Waals surface area contributed by atoms with E-state index in [1.807, 2.05) is 30.3 Å². The Bertz CT molecular complexity index is 963. The number of rotatable bonds is 6. The molecule has 1 aliphatic rings. The molecule has 2 N–H and O–H groups in total. The quantitative estimate of drug-likeness (QED) is 0.530. The van der Waals surface area contributed by atoms with Crippen molar-refractivity contribution in [1.29, 1.82) is 0 Å². The van der Waals surface area contributed by atoms with Crippen LogP contribution in [0.2, 0.25) is 5.02 Å². The van der Waals surface area contributed by atoms with Gasteiger partial charge in [0, 0.05) is 11.6 Å². The maximum Gasteiger partial charge on any atom is 0.338 e. The van der Waals surface area contributed by atoms with Crippen molar-refractivity contribution in [1.82, 2.24) is 10.6 Å². The van der Waals surface area contributed by atoms with Crippen LogP contribution < -0.4 is 20.1 Å². The molecule has 0 aliphatic carbocycles. The second kappa shape index (κ2) is 9.15. The number of thiocarbonyl (C=S) groups is 1. The van der Waals surface area contributed by atoms with Crippen LogP contribution in [0.15, 0.2) is 48.0 Å². The third kappa shape index (κ3) is 4.31. The van der Waals surface area contributed by atoms with Crippen molar-refractivity contribution >= 4 is 40.6 Å². The van der Waals surface area contributed by atoms with Crippen molar-refractivity contribution < 1.29 is 19.0 Å². The number of carbonyl (C=O) groups excluding carboxylic acids is 1. The van der Waals surface area contributed by atoms with Gasteiger partial charge in [-0.3, -0.25) is 0 Å². The van der Waals surface area contributed by atoms with Gasteiger partial charge in [0.1, 0.15) is 0 Å². The number of methoxy groups -OCH3 is 2. The summed E-state index contributed by atoms with van der Waals surface area (Å²) >= 11 is 12.0. The first-order valence-corrected chi connectivity index (χ1v) is 9.74. The van der Waals surface area contributed by atoms with Crippen molar-refractivity contribution in [3.63, 3.8) is 0 Å². The van der Waals surface area contributed by atoms with E-state index in [1.54, 1.807) is 19.1 Å². The standard InChI is InChI=1S/C21H21ClN2O4S/c1-4-28-20(25)17-18(12-8-6-5-7-9-12)23-21(29)24-19(17)13-10-15(26-2)16(27-3)11-14(13)22/h5-11,19H,4H2,1-3H3,(H2,23,24,29)/t19-/m0/s1. The molecule has 0 spiro atoms. The highest BCUT2D eigenvalue weighted by Crippen LogP contribution is 2.40. The monoisotopic (exact) mass is 432 g/mol. The summed E-state index contributed by atoms with van der Waals surface area (Å²) in [5.41, 5.74) is 2.37. The van der Waals surface area contributed by atoms with Crippen LogP contribution in [0, 0.1) is 0 Å². The molecule has 0 amide bonds. The van der Waals surface area contributed by atoms with Crippen LogP contribution in [0.3, 0.4) is 0 Å². The highest BCUT2D eigenvalue weighted by Gasteiger charge is 2.34. The van der Waals surface area contributed by atoms with Crippen LogP contribution in [0.4, 0.5) is 0 Å². The maximum atomic E-state index is 13.0. The number of nitrogens with one attached hydrogen (secondary N) is 2. The normalized spacial score (nSPS) is 16.0. The number of halogens is 1. The second-order valence-electron chi connectivity index (χ2n) is 6.14. The van der Waals surface area contributed by atoms with Gasteiger partial charge < -0.3 is 24.8 Å². The molecule has 0 unspecified atom stereocenters. The predicted molar refractivity (Wildman–Crippen MR) is 116 cm³/mol. The van der Waals surface area contributed by atoms with E-state index in [2.05, 4.69) is 10.6 Å².